The number of ketones is 1. The predicted molar refractivity (Wildman–Crippen MR) is 98.2 cm³/mol. The van der Waals surface area contributed by atoms with Crippen molar-refractivity contribution in [3.05, 3.63) is 59.6 Å². The van der Waals surface area contributed by atoms with Crippen LogP contribution in [0.25, 0.3) is 5.69 Å². The maximum Gasteiger partial charge on any atom is 0.220 e. The molecule has 0 amide bonds. The zero-order valence-electron chi connectivity index (χ0n) is 13.1. The normalized spacial score (nSPS) is 11.4. The molecule has 1 aromatic heterocycles. The number of thioether (sulfide) groups is 1. The van der Waals surface area contributed by atoms with Crippen molar-refractivity contribution in [2.75, 3.05) is 5.43 Å². The summed E-state index contributed by atoms with van der Waals surface area (Å²) in [6.07, 6.45) is 0. The summed E-state index contributed by atoms with van der Waals surface area (Å²) in [5.74, 6) is -0.206. The third kappa shape index (κ3) is 4.43. The highest BCUT2D eigenvalue weighted by atomic mass is 35.5. The smallest absolute Gasteiger partial charge is 0.220 e. The number of halogens is 1. The molecule has 7 nitrogen and oxygen atoms in total. The standard InChI is InChI=1S/C16H13ClN6OS/c1-11(24)15(19-18-13-7-5-6-12(17)10-13)25-16-20-21-22-23(16)14-8-3-2-4-9-14/h2-10,18H,1H3/b19-15+. The lowest BCUT2D eigenvalue weighted by Crippen LogP contribution is -2.10. The molecule has 2 aromatic carbocycles. The summed E-state index contributed by atoms with van der Waals surface area (Å²) in [4.78, 5) is 11.9. The van der Waals surface area contributed by atoms with Crippen LogP contribution in [0.4, 0.5) is 5.69 Å². The maximum absolute atomic E-state index is 11.9. The number of carbonyl (C=O) groups excluding carboxylic acids is 1. The molecule has 3 rings (SSSR count). The van der Waals surface area contributed by atoms with E-state index >= 15 is 0 Å². The van der Waals surface area contributed by atoms with Crippen LogP contribution in [0.1, 0.15) is 6.92 Å². The molecule has 0 atom stereocenters. The maximum atomic E-state index is 11.9. The fraction of sp³-hybridized carbons (Fsp3) is 0.0625. The molecule has 0 radical (unpaired) electrons. The Morgan fingerprint density at radius 1 is 1.20 bits per heavy atom. The number of Topliss-reactive ketones (excluding diaryl/α,β-unsaturated/α-hetero) is 1. The van der Waals surface area contributed by atoms with Gasteiger partial charge < -0.3 is 0 Å². The first-order chi connectivity index (χ1) is 12.1. The molecule has 0 aliphatic carbocycles. The molecule has 3 aromatic rings. The minimum absolute atomic E-state index is 0.206. The first-order valence-corrected chi connectivity index (χ1v) is 8.45. The molecule has 0 fully saturated rings. The second kappa shape index (κ2) is 7.91. The number of aromatic nitrogens is 4. The molecule has 1 heterocycles. The van der Waals surface area contributed by atoms with E-state index in [0.29, 0.717) is 15.9 Å². The van der Waals surface area contributed by atoms with Crippen LogP contribution in [0.15, 0.2) is 64.9 Å². The number of anilines is 1. The van der Waals surface area contributed by atoms with E-state index in [1.807, 2.05) is 30.3 Å². The zero-order valence-corrected chi connectivity index (χ0v) is 14.7. The van der Waals surface area contributed by atoms with Crippen LogP contribution >= 0.6 is 23.4 Å². The van der Waals surface area contributed by atoms with Gasteiger partial charge in [-0.1, -0.05) is 35.9 Å². The summed E-state index contributed by atoms with van der Waals surface area (Å²) in [6, 6.07) is 16.5. The van der Waals surface area contributed by atoms with Crippen LogP contribution in [0.3, 0.4) is 0 Å². The van der Waals surface area contributed by atoms with Gasteiger partial charge in [-0.2, -0.15) is 9.78 Å². The summed E-state index contributed by atoms with van der Waals surface area (Å²) < 4.78 is 1.54. The van der Waals surface area contributed by atoms with E-state index in [-0.39, 0.29) is 10.8 Å². The van der Waals surface area contributed by atoms with E-state index in [9.17, 15) is 4.79 Å². The van der Waals surface area contributed by atoms with Crippen molar-refractivity contribution in [2.45, 2.75) is 12.1 Å². The Hall–Kier alpha value is -2.71. The summed E-state index contributed by atoms with van der Waals surface area (Å²) in [5.41, 5.74) is 4.29. The Morgan fingerprint density at radius 3 is 2.72 bits per heavy atom. The summed E-state index contributed by atoms with van der Waals surface area (Å²) in [5, 5.41) is 17.0. The largest absolute Gasteiger partial charge is 0.292 e. The summed E-state index contributed by atoms with van der Waals surface area (Å²) >= 11 is 7.02. The van der Waals surface area contributed by atoms with Crippen LogP contribution in [-0.2, 0) is 4.79 Å². The van der Waals surface area contributed by atoms with Gasteiger partial charge in [0.15, 0.2) is 10.8 Å². The Balaban J connectivity index is 1.83. The second-order valence-electron chi connectivity index (χ2n) is 4.91. The highest BCUT2D eigenvalue weighted by Crippen LogP contribution is 2.21. The average molecular weight is 373 g/mol. The fourth-order valence-corrected chi connectivity index (χ4v) is 2.81. The Bertz CT molecular complexity index is 912. The van der Waals surface area contributed by atoms with Gasteiger partial charge in [-0.15, -0.1) is 5.10 Å². The third-order valence-electron chi connectivity index (χ3n) is 3.04. The van der Waals surface area contributed by atoms with E-state index in [2.05, 4.69) is 26.1 Å². The first-order valence-electron chi connectivity index (χ1n) is 7.25. The van der Waals surface area contributed by atoms with Gasteiger partial charge >= 0.3 is 0 Å². The molecule has 1 N–H and O–H groups in total. The Kier molecular flexibility index (Phi) is 5.42. The number of hydrogen-bond acceptors (Lipinski definition) is 7. The molecule has 0 bridgehead atoms. The van der Waals surface area contributed by atoms with Gasteiger partial charge in [0.05, 0.1) is 11.4 Å². The molecule has 0 saturated heterocycles. The molecular formula is C16H13ClN6OS. The molecule has 9 heteroatoms. The van der Waals surface area contributed by atoms with Gasteiger partial charge in [-0.3, -0.25) is 10.2 Å². The number of benzene rings is 2. The number of tetrazole rings is 1. The number of carbonyl (C=O) groups is 1. The molecule has 25 heavy (non-hydrogen) atoms. The van der Waals surface area contributed by atoms with E-state index < -0.39 is 0 Å². The number of rotatable bonds is 5. The van der Waals surface area contributed by atoms with Gasteiger partial charge in [-0.05, 0) is 52.5 Å². The molecule has 126 valence electrons. The van der Waals surface area contributed by atoms with Crippen molar-refractivity contribution in [1.82, 2.24) is 20.2 Å². The van der Waals surface area contributed by atoms with Gasteiger partial charge in [-0.25, -0.2) is 0 Å². The first kappa shape index (κ1) is 17.1. The van der Waals surface area contributed by atoms with Crippen LogP contribution in [0.2, 0.25) is 5.02 Å². The molecule has 0 unspecified atom stereocenters. The van der Waals surface area contributed by atoms with Crippen molar-refractivity contribution in [1.29, 1.82) is 0 Å². The quantitative estimate of drug-likeness (QED) is 0.319. The molecule has 0 spiro atoms. The lowest BCUT2D eigenvalue weighted by Gasteiger charge is -2.06. The summed E-state index contributed by atoms with van der Waals surface area (Å²) in [7, 11) is 0. The number of hydrazone groups is 1. The van der Waals surface area contributed by atoms with E-state index in [4.69, 9.17) is 11.6 Å². The van der Waals surface area contributed by atoms with Gasteiger partial charge in [0.2, 0.25) is 5.16 Å². The average Bonchev–Trinajstić information content (AvgIpc) is 3.07. The molecule has 0 aliphatic rings. The molecule has 0 aliphatic heterocycles. The summed E-state index contributed by atoms with van der Waals surface area (Å²) in [6.45, 7) is 1.43. The van der Waals surface area contributed by atoms with Crippen LogP contribution < -0.4 is 5.43 Å². The second-order valence-corrected chi connectivity index (χ2v) is 6.30. The number of nitrogens with one attached hydrogen (secondary N) is 1. The lowest BCUT2D eigenvalue weighted by atomic mass is 10.3. The van der Waals surface area contributed by atoms with Crippen LogP contribution in [-0.4, -0.2) is 31.0 Å². The minimum Gasteiger partial charge on any atom is -0.292 e. The highest BCUT2D eigenvalue weighted by molar-refractivity contribution is 8.15. The minimum atomic E-state index is -0.206. The predicted octanol–water partition coefficient (Wildman–Crippen LogP) is 3.42. The van der Waals surface area contributed by atoms with Crippen molar-refractivity contribution in [3.63, 3.8) is 0 Å². The number of para-hydroxylation sites is 1. The Morgan fingerprint density at radius 2 is 2.00 bits per heavy atom. The molecular weight excluding hydrogens is 360 g/mol. The van der Waals surface area contributed by atoms with Crippen molar-refractivity contribution < 1.29 is 4.79 Å². The van der Waals surface area contributed by atoms with Crippen molar-refractivity contribution >= 4 is 39.9 Å². The zero-order chi connectivity index (χ0) is 17.6. The number of hydrogen-bond donors (Lipinski definition) is 1. The van der Waals surface area contributed by atoms with Crippen molar-refractivity contribution in [3.8, 4) is 5.69 Å². The van der Waals surface area contributed by atoms with E-state index in [1.165, 1.54) is 6.92 Å². The highest BCUT2D eigenvalue weighted by Gasteiger charge is 2.16. The van der Waals surface area contributed by atoms with Crippen LogP contribution in [0.5, 0.6) is 0 Å². The topological polar surface area (TPSA) is 85.1 Å². The fourth-order valence-electron chi connectivity index (χ4n) is 1.91. The van der Waals surface area contributed by atoms with E-state index in [1.54, 1.807) is 28.9 Å². The third-order valence-corrected chi connectivity index (χ3v) is 4.29. The molecule has 0 saturated carbocycles. The van der Waals surface area contributed by atoms with Gasteiger partial charge in [0, 0.05) is 11.9 Å². The Labute approximate surface area is 153 Å². The van der Waals surface area contributed by atoms with Gasteiger partial charge in [0.25, 0.3) is 0 Å². The lowest BCUT2D eigenvalue weighted by molar-refractivity contribution is -0.110. The monoisotopic (exact) mass is 372 g/mol. The van der Waals surface area contributed by atoms with Gasteiger partial charge in [0.1, 0.15) is 0 Å². The van der Waals surface area contributed by atoms with E-state index in [0.717, 1.165) is 17.4 Å². The van der Waals surface area contributed by atoms with Crippen LogP contribution in [0, 0.1) is 0 Å². The van der Waals surface area contributed by atoms with Crippen molar-refractivity contribution in [2.24, 2.45) is 5.10 Å². The number of nitrogens with zero attached hydrogens (tertiary/aromatic N) is 5. The SMILES string of the molecule is CC(=O)/C(=N\Nc1cccc(Cl)c1)Sc1nnnn1-c1ccccc1.